The first-order chi connectivity index (χ1) is 8.30. The minimum atomic E-state index is 0.572. The molecule has 0 radical (unpaired) electrons. The van der Waals surface area contributed by atoms with Gasteiger partial charge in [-0.15, -0.1) is 0 Å². The van der Waals surface area contributed by atoms with E-state index in [4.69, 9.17) is 5.73 Å². The van der Waals surface area contributed by atoms with Crippen molar-refractivity contribution in [3.05, 3.63) is 5.82 Å². The summed E-state index contributed by atoms with van der Waals surface area (Å²) >= 11 is 1.53. The molecule has 2 unspecified atom stereocenters. The quantitative estimate of drug-likeness (QED) is 0.874. The fraction of sp³-hybridized carbons (Fsp3) is 0.833. The fourth-order valence-corrected chi connectivity index (χ4v) is 3.59. The normalized spacial score (nSPS) is 24.2. The second-order valence-electron chi connectivity index (χ2n) is 4.63. The maximum absolute atomic E-state index is 5.87. The molecule has 5 heteroatoms. The van der Waals surface area contributed by atoms with Crippen LogP contribution < -0.4 is 10.6 Å². The highest BCUT2D eigenvalue weighted by Crippen LogP contribution is 2.33. The van der Waals surface area contributed by atoms with Crippen molar-refractivity contribution in [1.82, 2.24) is 9.36 Å². The van der Waals surface area contributed by atoms with Gasteiger partial charge >= 0.3 is 0 Å². The van der Waals surface area contributed by atoms with E-state index in [0.29, 0.717) is 12.0 Å². The first-order valence-electron chi connectivity index (χ1n) is 6.59. The third kappa shape index (κ3) is 2.60. The number of hydrogen-bond acceptors (Lipinski definition) is 5. The van der Waals surface area contributed by atoms with Crippen LogP contribution in [0.4, 0.5) is 5.13 Å². The van der Waals surface area contributed by atoms with Gasteiger partial charge in [0.1, 0.15) is 5.82 Å². The molecule has 2 atom stereocenters. The molecule has 1 saturated carbocycles. The number of nitrogens with two attached hydrogens (primary N) is 1. The van der Waals surface area contributed by atoms with Crippen molar-refractivity contribution in [3.63, 3.8) is 0 Å². The number of hydrogen-bond donors (Lipinski definition) is 1. The third-order valence-corrected chi connectivity index (χ3v) is 4.47. The standard InChI is InChI=1S/C12H22N4S/c1-3-11-14-12(17-15-11)16(4-2)10-7-5-6-9(10)8-13/h9-10H,3-8,13H2,1-2H3. The third-order valence-electron chi connectivity index (χ3n) is 3.68. The summed E-state index contributed by atoms with van der Waals surface area (Å²) in [5.74, 6) is 1.59. The Morgan fingerprint density at radius 2 is 2.24 bits per heavy atom. The Bertz CT molecular complexity index is 352. The monoisotopic (exact) mass is 254 g/mol. The molecule has 1 aliphatic carbocycles. The average molecular weight is 254 g/mol. The van der Waals surface area contributed by atoms with Crippen LogP contribution in [0.5, 0.6) is 0 Å². The Hall–Kier alpha value is -0.680. The van der Waals surface area contributed by atoms with Crippen molar-refractivity contribution in [2.45, 2.75) is 45.6 Å². The summed E-state index contributed by atoms with van der Waals surface area (Å²) < 4.78 is 4.38. The molecule has 2 N–H and O–H groups in total. The van der Waals surface area contributed by atoms with Gasteiger partial charge in [0.15, 0.2) is 0 Å². The molecule has 96 valence electrons. The summed E-state index contributed by atoms with van der Waals surface area (Å²) in [4.78, 5) is 7.01. The molecule has 0 amide bonds. The minimum Gasteiger partial charge on any atom is -0.344 e. The van der Waals surface area contributed by atoms with Gasteiger partial charge in [0, 0.05) is 30.5 Å². The number of nitrogens with zero attached hydrogens (tertiary/aromatic N) is 3. The molecule has 1 heterocycles. The number of aryl methyl sites for hydroxylation is 1. The second kappa shape index (κ2) is 5.78. The second-order valence-corrected chi connectivity index (χ2v) is 5.36. The highest BCUT2D eigenvalue weighted by molar-refractivity contribution is 7.09. The lowest BCUT2D eigenvalue weighted by molar-refractivity contribution is 0.461. The van der Waals surface area contributed by atoms with Gasteiger partial charge < -0.3 is 10.6 Å². The number of anilines is 1. The molecule has 1 aliphatic rings. The highest BCUT2D eigenvalue weighted by Gasteiger charge is 2.32. The summed E-state index contributed by atoms with van der Waals surface area (Å²) in [5.41, 5.74) is 5.87. The van der Waals surface area contributed by atoms with E-state index in [1.807, 2.05) is 0 Å². The van der Waals surface area contributed by atoms with E-state index in [1.54, 1.807) is 0 Å². The predicted octanol–water partition coefficient (Wildman–Crippen LogP) is 2.05. The lowest BCUT2D eigenvalue weighted by Gasteiger charge is -2.31. The zero-order valence-electron chi connectivity index (χ0n) is 10.7. The smallest absolute Gasteiger partial charge is 0.205 e. The van der Waals surface area contributed by atoms with Gasteiger partial charge in [-0.05, 0) is 32.2 Å². The Kier molecular flexibility index (Phi) is 4.34. The zero-order chi connectivity index (χ0) is 12.3. The Morgan fingerprint density at radius 1 is 1.41 bits per heavy atom. The van der Waals surface area contributed by atoms with Gasteiger partial charge in [0.2, 0.25) is 5.13 Å². The lowest BCUT2D eigenvalue weighted by Crippen LogP contribution is -2.40. The molecule has 1 fully saturated rings. The van der Waals surface area contributed by atoms with Crippen LogP contribution in [0.2, 0.25) is 0 Å². The molecule has 17 heavy (non-hydrogen) atoms. The van der Waals surface area contributed by atoms with Gasteiger partial charge in [0.25, 0.3) is 0 Å². The lowest BCUT2D eigenvalue weighted by atomic mass is 10.0. The van der Waals surface area contributed by atoms with Crippen LogP contribution >= 0.6 is 11.5 Å². The van der Waals surface area contributed by atoms with Crippen molar-refractivity contribution in [2.24, 2.45) is 11.7 Å². The van der Waals surface area contributed by atoms with Crippen LogP contribution in [0.15, 0.2) is 0 Å². The number of rotatable bonds is 5. The van der Waals surface area contributed by atoms with Crippen molar-refractivity contribution in [1.29, 1.82) is 0 Å². The van der Waals surface area contributed by atoms with Crippen molar-refractivity contribution in [2.75, 3.05) is 18.0 Å². The first kappa shape index (κ1) is 12.8. The van der Waals surface area contributed by atoms with Crippen LogP contribution in [0, 0.1) is 5.92 Å². The van der Waals surface area contributed by atoms with E-state index in [9.17, 15) is 0 Å². The molecule has 1 aromatic heterocycles. The molecular formula is C12H22N4S. The van der Waals surface area contributed by atoms with Crippen LogP contribution in [0.3, 0.4) is 0 Å². The summed E-state index contributed by atoms with van der Waals surface area (Å²) in [7, 11) is 0. The molecular weight excluding hydrogens is 232 g/mol. The van der Waals surface area contributed by atoms with E-state index in [2.05, 4.69) is 28.1 Å². The van der Waals surface area contributed by atoms with E-state index in [-0.39, 0.29) is 0 Å². The predicted molar refractivity (Wildman–Crippen MR) is 72.5 cm³/mol. The van der Waals surface area contributed by atoms with Crippen LogP contribution in [-0.4, -0.2) is 28.5 Å². The SMILES string of the molecule is CCc1nsc(N(CC)C2CCCC2CN)n1. The Morgan fingerprint density at radius 3 is 2.82 bits per heavy atom. The molecule has 0 saturated heterocycles. The Labute approximate surface area is 107 Å². The molecule has 1 aromatic rings. The average Bonchev–Trinajstić information content (AvgIpc) is 2.99. The summed E-state index contributed by atoms with van der Waals surface area (Å²) in [6.45, 7) is 6.08. The molecule has 0 aromatic carbocycles. The molecule has 0 bridgehead atoms. The van der Waals surface area contributed by atoms with Crippen molar-refractivity contribution >= 4 is 16.7 Å². The largest absolute Gasteiger partial charge is 0.344 e. The molecule has 0 aliphatic heterocycles. The van der Waals surface area contributed by atoms with Gasteiger partial charge in [-0.2, -0.15) is 4.37 Å². The van der Waals surface area contributed by atoms with Gasteiger partial charge in [-0.25, -0.2) is 4.98 Å². The van der Waals surface area contributed by atoms with Crippen molar-refractivity contribution < 1.29 is 0 Å². The molecule has 2 rings (SSSR count). The van der Waals surface area contributed by atoms with E-state index >= 15 is 0 Å². The molecule has 4 nitrogen and oxygen atoms in total. The number of aromatic nitrogens is 2. The topological polar surface area (TPSA) is 55.0 Å². The summed E-state index contributed by atoms with van der Waals surface area (Å²) in [6.07, 6.45) is 4.72. The van der Waals surface area contributed by atoms with E-state index in [1.165, 1.54) is 30.8 Å². The summed E-state index contributed by atoms with van der Waals surface area (Å²) in [5, 5.41) is 1.08. The van der Waals surface area contributed by atoms with E-state index < -0.39 is 0 Å². The van der Waals surface area contributed by atoms with E-state index in [0.717, 1.165) is 30.5 Å². The van der Waals surface area contributed by atoms with Gasteiger partial charge in [-0.1, -0.05) is 13.3 Å². The van der Waals surface area contributed by atoms with Crippen LogP contribution in [0.1, 0.15) is 38.9 Å². The first-order valence-corrected chi connectivity index (χ1v) is 7.36. The fourth-order valence-electron chi connectivity index (χ4n) is 2.72. The highest BCUT2D eigenvalue weighted by atomic mass is 32.1. The minimum absolute atomic E-state index is 0.572. The molecule has 0 spiro atoms. The zero-order valence-corrected chi connectivity index (χ0v) is 11.5. The van der Waals surface area contributed by atoms with Crippen LogP contribution in [0.25, 0.3) is 0 Å². The van der Waals surface area contributed by atoms with Gasteiger partial charge in [-0.3, -0.25) is 0 Å². The van der Waals surface area contributed by atoms with Crippen molar-refractivity contribution in [3.8, 4) is 0 Å². The maximum Gasteiger partial charge on any atom is 0.205 e. The van der Waals surface area contributed by atoms with Gasteiger partial charge in [0.05, 0.1) is 0 Å². The Balaban J connectivity index is 2.14. The van der Waals surface area contributed by atoms with Crippen LogP contribution in [-0.2, 0) is 6.42 Å². The maximum atomic E-state index is 5.87. The summed E-state index contributed by atoms with van der Waals surface area (Å²) in [6, 6.07) is 0.572.